The highest BCUT2D eigenvalue weighted by molar-refractivity contribution is 6.34. The van der Waals surface area contributed by atoms with E-state index in [4.69, 9.17) is 16.6 Å². The number of halogens is 1. The van der Waals surface area contributed by atoms with E-state index < -0.39 is 0 Å². The maximum atomic E-state index is 6.52. The van der Waals surface area contributed by atoms with Crippen LogP contribution in [0.2, 0.25) is 5.02 Å². The van der Waals surface area contributed by atoms with Crippen LogP contribution in [0.4, 0.5) is 17.3 Å². The fourth-order valence-corrected chi connectivity index (χ4v) is 3.89. The van der Waals surface area contributed by atoms with Crippen molar-refractivity contribution in [1.29, 1.82) is 0 Å². The summed E-state index contributed by atoms with van der Waals surface area (Å²) in [6.07, 6.45) is 6.10. The maximum absolute atomic E-state index is 6.52. The molecule has 3 aromatic rings. The lowest BCUT2D eigenvalue weighted by atomic mass is 10.2. The zero-order valence-corrected chi connectivity index (χ0v) is 16.0. The maximum Gasteiger partial charge on any atom is 0.227 e. The third-order valence-corrected chi connectivity index (χ3v) is 5.59. The summed E-state index contributed by atoms with van der Waals surface area (Å²) in [4.78, 5) is 11.5. The van der Waals surface area contributed by atoms with E-state index in [0.29, 0.717) is 12.0 Å². The number of anilines is 3. The fraction of sp³-hybridized carbons (Fsp3) is 0.421. The van der Waals surface area contributed by atoms with Gasteiger partial charge in [0.05, 0.1) is 39.8 Å². The number of hydrogen-bond donors (Lipinski definition) is 2. The van der Waals surface area contributed by atoms with Gasteiger partial charge in [0, 0.05) is 37.8 Å². The largest absolute Gasteiger partial charge is 0.368 e. The average molecular weight is 384 g/mol. The predicted octanol–water partition coefficient (Wildman–Crippen LogP) is 3.28. The molecular formula is C19H22ClN7. The second kappa shape index (κ2) is 6.65. The van der Waals surface area contributed by atoms with Crippen LogP contribution in [0.15, 0.2) is 24.5 Å². The van der Waals surface area contributed by atoms with Crippen LogP contribution in [0.5, 0.6) is 0 Å². The molecule has 2 fully saturated rings. The van der Waals surface area contributed by atoms with Crippen LogP contribution in [-0.2, 0) is 0 Å². The van der Waals surface area contributed by atoms with Gasteiger partial charge in [0.1, 0.15) is 0 Å². The van der Waals surface area contributed by atoms with Gasteiger partial charge in [-0.1, -0.05) is 11.6 Å². The lowest BCUT2D eigenvalue weighted by Gasteiger charge is -2.30. The van der Waals surface area contributed by atoms with Crippen LogP contribution in [0.1, 0.15) is 24.6 Å². The van der Waals surface area contributed by atoms with Gasteiger partial charge in [-0.05, 0) is 31.9 Å². The first-order chi connectivity index (χ1) is 13.2. The number of hydrogen-bond acceptors (Lipinski definition) is 6. The van der Waals surface area contributed by atoms with Crippen LogP contribution in [-0.4, -0.2) is 45.9 Å². The minimum absolute atomic E-state index is 0.557. The number of nitrogens with one attached hydrogen (secondary N) is 2. The summed E-state index contributed by atoms with van der Waals surface area (Å²) in [6.45, 7) is 5.91. The third kappa shape index (κ3) is 3.21. The molecule has 8 heteroatoms. The van der Waals surface area contributed by atoms with Gasteiger partial charge in [-0.2, -0.15) is 5.10 Å². The van der Waals surface area contributed by atoms with Crippen molar-refractivity contribution in [2.24, 2.45) is 0 Å². The Morgan fingerprint density at radius 3 is 2.78 bits per heavy atom. The van der Waals surface area contributed by atoms with Crippen molar-refractivity contribution >= 4 is 39.8 Å². The molecule has 0 unspecified atom stereocenters. The van der Waals surface area contributed by atoms with Gasteiger partial charge in [-0.25, -0.2) is 9.97 Å². The molecule has 0 radical (unpaired) electrons. The van der Waals surface area contributed by atoms with Crippen molar-refractivity contribution in [3.63, 3.8) is 0 Å². The van der Waals surface area contributed by atoms with Crippen molar-refractivity contribution in [2.75, 3.05) is 36.4 Å². The fourth-order valence-electron chi connectivity index (χ4n) is 3.60. The Morgan fingerprint density at radius 2 is 2.00 bits per heavy atom. The number of rotatable bonds is 4. The van der Waals surface area contributed by atoms with Crippen LogP contribution in [0.25, 0.3) is 10.9 Å². The van der Waals surface area contributed by atoms with Crippen LogP contribution in [0, 0.1) is 6.92 Å². The van der Waals surface area contributed by atoms with E-state index in [9.17, 15) is 0 Å². The number of nitrogens with zero attached hydrogens (tertiary/aromatic N) is 5. The van der Waals surface area contributed by atoms with E-state index in [1.54, 1.807) is 0 Å². The van der Waals surface area contributed by atoms with E-state index in [1.807, 2.05) is 18.5 Å². The predicted molar refractivity (Wildman–Crippen MR) is 108 cm³/mol. The minimum atomic E-state index is 0.557. The van der Waals surface area contributed by atoms with Crippen molar-refractivity contribution in [3.8, 4) is 0 Å². The molecule has 1 aliphatic heterocycles. The third-order valence-electron chi connectivity index (χ3n) is 5.29. The Bertz CT molecular complexity index is 989. The monoisotopic (exact) mass is 383 g/mol. The van der Waals surface area contributed by atoms with Gasteiger partial charge >= 0.3 is 0 Å². The Labute approximate surface area is 162 Å². The zero-order valence-electron chi connectivity index (χ0n) is 15.2. The molecule has 2 N–H and O–H groups in total. The average Bonchev–Trinajstić information content (AvgIpc) is 3.47. The van der Waals surface area contributed by atoms with Crippen LogP contribution in [0.3, 0.4) is 0 Å². The molecule has 2 aliphatic rings. The number of piperazine rings is 1. The summed E-state index contributed by atoms with van der Waals surface area (Å²) < 4.78 is 2.09. The van der Waals surface area contributed by atoms with Crippen LogP contribution >= 0.6 is 11.6 Å². The van der Waals surface area contributed by atoms with Gasteiger partial charge in [-0.3, -0.25) is 4.68 Å². The number of fused-ring (bicyclic) bond motifs is 1. The Morgan fingerprint density at radius 1 is 1.19 bits per heavy atom. The lowest BCUT2D eigenvalue weighted by molar-refractivity contribution is 0.589. The summed E-state index contributed by atoms with van der Waals surface area (Å²) >= 11 is 6.52. The molecule has 0 bridgehead atoms. The molecule has 1 saturated carbocycles. The quantitative estimate of drug-likeness (QED) is 0.720. The van der Waals surface area contributed by atoms with Crippen LogP contribution < -0.4 is 15.5 Å². The van der Waals surface area contributed by atoms with Crippen molar-refractivity contribution in [3.05, 3.63) is 35.2 Å². The standard InChI is InChI=1S/C19H22ClN7/c1-12-17(11-23-27(12)14-2-3-14)25-19-22-10-13-8-15(20)18(9-16(13)24-19)26-6-4-21-5-7-26/h8-11,14,21H,2-7H2,1H3,(H,22,24,25). The summed E-state index contributed by atoms with van der Waals surface area (Å²) in [5.74, 6) is 0.578. The first-order valence-electron chi connectivity index (χ1n) is 9.42. The minimum Gasteiger partial charge on any atom is -0.368 e. The van der Waals surface area contributed by atoms with Crippen molar-refractivity contribution in [1.82, 2.24) is 25.1 Å². The molecule has 140 valence electrons. The second-order valence-corrected chi connectivity index (χ2v) is 7.64. The van der Waals surface area contributed by atoms with E-state index in [1.165, 1.54) is 12.8 Å². The van der Waals surface area contributed by atoms with Gasteiger partial charge in [0.15, 0.2) is 0 Å². The summed E-state index contributed by atoms with van der Waals surface area (Å²) in [7, 11) is 0. The molecule has 0 spiro atoms. The molecule has 1 saturated heterocycles. The SMILES string of the molecule is Cc1c(Nc2ncc3cc(Cl)c(N4CCNCC4)cc3n2)cnn1C1CC1. The highest BCUT2D eigenvalue weighted by Gasteiger charge is 2.26. The number of benzene rings is 1. The topological polar surface area (TPSA) is 70.9 Å². The van der Waals surface area contributed by atoms with Crippen molar-refractivity contribution < 1.29 is 0 Å². The Balaban J connectivity index is 1.46. The first-order valence-corrected chi connectivity index (χ1v) is 9.80. The molecule has 1 aliphatic carbocycles. The molecule has 0 amide bonds. The van der Waals surface area contributed by atoms with Crippen molar-refractivity contribution in [2.45, 2.75) is 25.8 Å². The molecule has 2 aromatic heterocycles. The molecule has 5 rings (SSSR count). The van der Waals surface area contributed by atoms with Gasteiger partial charge in [0.2, 0.25) is 5.95 Å². The van der Waals surface area contributed by atoms with E-state index in [-0.39, 0.29) is 0 Å². The molecule has 0 atom stereocenters. The lowest BCUT2D eigenvalue weighted by Crippen LogP contribution is -2.43. The summed E-state index contributed by atoms with van der Waals surface area (Å²) in [6, 6.07) is 4.58. The Hall–Kier alpha value is -2.38. The second-order valence-electron chi connectivity index (χ2n) is 7.24. The smallest absolute Gasteiger partial charge is 0.227 e. The zero-order chi connectivity index (χ0) is 18.4. The normalized spacial score (nSPS) is 17.5. The summed E-state index contributed by atoms with van der Waals surface area (Å²) in [5, 5.41) is 12.9. The molecule has 7 nitrogen and oxygen atoms in total. The van der Waals surface area contributed by atoms with E-state index >= 15 is 0 Å². The van der Waals surface area contributed by atoms with Gasteiger partial charge < -0.3 is 15.5 Å². The molecule has 3 heterocycles. The highest BCUT2D eigenvalue weighted by Crippen LogP contribution is 2.37. The highest BCUT2D eigenvalue weighted by atomic mass is 35.5. The molecule has 1 aromatic carbocycles. The number of aromatic nitrogens is 4. The van der Waals surface area contributed by atoms with Gasteiger partial charge in [-0.15, -0.1) is 0 Å². The molecule has 27 heavy (non-hydrogen) atoms. The van der Waals surface area contributed by atoms with Gasteiger partial charge in [0.25, 0.3) is 0 Å². The summed E-state index contributed by atoms with van der Waals surface area (Å²) in [5.41, 5.74) is 4.00. The van der Waals surface area contributed by atoms with E-state index in [2.05, 4.69) is 43.3 Å². The Kier molecular flexibility index (Phi) is 4.13. The first kappa shape index (κ1) is 16.8. The molecular weight excluding hydrogens is 362 g/mol. The van der Waals surface area contributed by atoms with E-state index in [0.717, 1.165) is 59.2 Å².